The molecule has 0 unspecified atom stereocenters. The molecule has 0 aliphatic heterocycles. The Kier molecular flexibility index (Phi) is 4.03. The van der Waals surface area contributed by atoms with Crippen molar-refractivity contribution in [3.05, 3.63) is 29.3 Å². The van der Waals surface area contributed by atoms with Crippen LogP contribution < -0.4 is 4.74 Å². The van der Waals surface area contributed by atoms with Gasteiger partial charge in [-0.1, -0.05) is 0 Å². The van der Waals surface area contributed by atoms with Gasteiger partial charge < -0.3 is 9.47 Å². The van der Waals surface area contributed by atoms with Crippen LogP contribution in [0.15, 0.2) is 12.1 Å². The summed E-state index contributed by atoms with van der Waals surface area (Å²) >= 11 is 0. The first-order valence-electron chi connectivity index (χ1n) is 4.35. The number of benzene rings is 1. The van der Waals surface area contributed by atoms with Gasteiger partial charge in [-0.15, -0.1) is 0 Å². The van der Waals surface area contributed by atoms with Crippen LogP contribution in [-0.4, -0.2) is 13.1 Å². The molecule has 0 aliphatic rings. The summed E-state index contributed by atoms with van der Waals surface area (Å²) in [6.07, 6.45) is 0. The molecule has 0 fully saturated rings. The molecule has 5 heteroatoms. The predicted molar refractivity (Wildman–Crippen MR) is 48.4 cm³/mol. The zero-order valence-corrected chi connectivity index (χ0v) is 8.13. The molecule has 0 radical (unpaired) electrons. The average molecular weight is 216 g/mol. The van der Waals surface area contributed by atoms with Gasteiger partial charge in [-0.3, -0.25) is 4.79 Å². The molecule has 0 heterocycles. The number of carbonyl (C=O) groups excluding carboxylic acids is 1. The summed E-state index contributed by atoms with van der Waals surface area (Å²) in [5, 5.41) is 0. The zero-order chi connectivity index (χ0) is 11.3. The lowest BCUT2D eigenvalue weighted by Crippen LogP contribution is -2.01. The van der Waals surface area contributed by atoms with Crippen LogP contribution >= 0.6 is 0 Å². The van der Waals surface area contributed by atoms with Gasteiger partial charge in [0.25, 0.3) is 6.47 Å². The molecule has 0 saturated carbocycles. The second-order valence-corrected chi connectivity index (χ2v) is 2.69. The van der Waals surface area contributed by atoms with E-state index in [4.69, 9.17) is 4.74 Å². The summed E-state index contributed by atoms with van der Waals surface area (Å²) < 4.78 is 35.7. The van der Waals surface area contributed by atoms with Crippen LogP contribution in [0, 0.1) is 11.6 Å². The SMILES string of the molecule is CCOc1ccc(COC=O)c(F)c1F. The quantitative estimate of drug-likeness (QED) is 0.706. The van der Waals surface area contributed by atoms with Gasteiger partial charge in [0.05, 0.1) is 6.61 Å². The Morgan fingerprint density at radius 3 is 2.67 bits per heavy atom. The minimum Gasteiger partial charge on any atom is -0.491 e. The first-order valence-corrected chi connectivity index (χ1v) is 4.35. The first-order chi connectivity index (χ1) is 7.20. The Morgan fingerprint density at radius 2 is 2.07 bits per heavy atom. The molecule has 82 valence electrons. The fourth-order valence-corrected chi connectivity index (χ4v) is 1.07. The summed E-state index contributed by atoms with van der Waals surface area (Å²) in [6, 6.07) is 2.61. The number of hydrogen-bond donors (Lipinski definition) is 0. The van der Waals surface area contributed by atoms with Crippen molar-refractivity contribution in [2.45, 2.75) is 13.5 Å². The van der Waals surface area contributed by atoms with Crippen LogP contribution in [0.1, 0.15) is 12.5 Å². The van der Waals surface area contributed by atoms with Gasteiger partial charge in [-0.25, -0.2) is 4.39 Å². The molecule has 0 bridgehead atoms. The Balaban J connectivity index is 2.93. The van der Waals surface area contributed by atoms with E-state index in [-0.39, 0.29) is 31.0 Å². The summed E-state index contributed by atoms with van der Waals surface area (Å²) in [5.74, 6) is -2.27. The van der Waals surface area contributed by atoms with Crippen molar-refractivity contribution in [2.24, 2.45) is 0 Å². The molecular weight excluding hydrogens is 206 g/mol. The maximum absolute atomic E-state index is 13.3. The van der Waals surface area contributed by atoms with Crippen molar-refractivity contribution >= 4 is 6.47 Å². The van der Waals surface area contributed by atoms with Crippen LogP contribution in [0.4, 0.5) is 8.78 Å². The van der Waals surface area contributed by atoms with E-state index in [2.05, 4.69) is 4.74 Å². The van der Waals surface area contributed by atoms with Crippen LogP contribution in [0.25, 0.3) is 0 Å². The number of carbonyl (C=O) groups is 1. The smallest absolute Gasteiger partial charge is 0.293 e. The molecule has 0 aromatic heterocycles. The number of halogens is 2. The molecule has 0 N–H and O–H groups in total. The number of ether oxygens (including phenoxy) is 2. The molecule has 0 spiro atoms. The third kappa shape index (κ3) is 2.65. The normalized spacial score (nSPS) is 9.80. The molecule has 15 heavy (non-hydrogen) atoms. The molecule has 1 aromatic rings. The largest absolute Gasteiger partial charge is 0.491 e. The molecule has 1 aromatic carbocycles. The second-order valence-electron chi connectivity index (χ2n) is 2.69. The minimum absolute atomic E-state index is 0.0250. The van der Waals surface area contributed by atoms with E-state index in [1.54, 1.807) is 6.92 Å². The average Bonchev–Trinajstić information content (AvgIpc) is 2.24. The van der Waals surface area contributed by atoms with Crippen molar-refractivity contribution < 1.29 is 23.0 Å². The highest BCUT2D eigenvalue weighted by molar-refractivity contribution is 5.38. The molecule has 0 saturated heterocycles. The van der Waals surface area contributed by atoms with E-state index in [0.29, 0.717) is 0 Å². The Hall–Kier alpha value is -1.65. The lowest BCUT2D eigenvalue weighted by molar-refractivity contribution is -0.129. The van der Waals surface area contributed by atoms with Crippen molar-refractivity contribution in [3.63, 3.8) is 0 Å². The molecule has 0 atom stereocenters. The van der Waals surface area contributed by atoms with E-state index in [9.17, 15) is 13.6 Å². The van der Waals surface area contributed by atoms with Gasteiger partial charge >= 0.3 is 0 Å². The number of hydrogen-bond acceptors (Lipinski definition) is 3. The summed E-state index contributed by atoms with van der Waals surface area (Å²) in [7, 11) is 0. The summed E-state index contributed by atoms with van der Waals surface area (Å²) in [4.78, 5) is 9.88. The molecular formula is C10H10F2O3. The Bertz CT molecular complexity index is 353. The van der Waals surface area contributed by atoms with E-state index >= 15 is 0 Å². The monoisotopic (exact) mass is 216 g/mol. The van der Waals surface area contributed by atoms with Crippen molar-refractivity contribution in [1.82, 2.24) is 0 Å². The molecule has 1 rings (SSSR count). The zero-order valence-electron chi connectivity index (χ0n) is 8.13. The lowest BCUT2D eigenvalue weighted by atomic mass is 10.2. The minimum atomic E-state index is -1.07. The van der Waals surface area contributed by atoms with Crippen LogP contribution in [-0.2, 0) is 16.1 Å². The Labute approximate surface area is 85.6 Å². The van der Waals surface area contributed by atoms with Gasteiger partial charge in [0.1, 0.15) is 6.61 Å². The second kappa shape index (κ2) is 5.29. The van der Waals surface area contributed by atoms with E-state index < -0.39 is 11.6 Å². The highest BCUT2D eigenvalue weighted by atomic mass is 19.2. The number of rotatable bonds is 5. The predicted octanol–water partition coefficient (Wildman–Crippen LogP) is 2.04. The van der Waals surface area contributed by atoms with E-state index in [1.807, 2.05) is 0 Å². The standard InChI is InChI=1S/C10H10F2O3/c1-2-15-8-4-3-7(5-14-6-13)9(11)10(8)12/h3-4,6H,2,5H2,1H3. The lowest BCUT2D eigenvalue weighted by Gasteiger charge is -2.07. The van der Waals surface area contributed by atoms with Gasteiger partial charge in [0.15, 0.2) is 11.6 Å². The molecule has 0 amide bonds. The third-order valence-electron chi connectivity index (χ3n) is 1.73. The summed E-state index contributed by atoms with van der Waals surface area (Å²) in [5.41, 5.74) is -0.0250. The van der Waals surface area contributed by atoms with Gasteiger partial charge in [0.2, 0.25) is 5.82 Å². The third-order valence-corrected chi connectivity index (χ3v) is 1.73. The fourth-order valence-electron chi connectivity index (χ4n) is 1.07. The summed E-state index contributed by atoms with van der Waals surface area (Å²) in [6.45, 7) is 1.80. The van der Waals surface area contributed by atoms with Crippen LogP contribution in [0.3, 0.4) is 0 Å². The molecule has 3 nitrogen and oxygen atoms in total. The maximum atomic E-state index is 13.3. The van der Waals surface area contributed by atoms with Gasteiger partial charge in [0, 0.05) is 5.56 Å². The topological polar surface area (TPSA) is 35.5 Å². The van der Waals surface area contributed by atoms with Crippen molar-refractivity contribution in [2.75, 3.05) is 6.61 Å². The van der Waals surface area contributed by atoms with Crippen molar-refractivity contribution in [1.29, 1.82) is 0 Å². The van der Waals surface area contributed by atoms with E-state index in [1.165, 1.54) is 12.1 Å². The van der Waals surface area contributed by atoms with Gasteiger partial charge in [-0.2, -0.15) is 4.39 Å². The van der Waals surface area contributed by atoms with Gasteiger partial charge in [-0.05, 0) is 19.1 Å². The fraction of sp³-hybridized carbons (Fsp3) is 0.300. The van der Waals surface area contributed by atoms with Crippen LogP contribution in [0.2, 0.25) is 0 Å². The van der Waals surface area contributed by atoms with E-state index in [0.717, 1.165) is 0 Å². The Morgan fingerprint density at radius 1 is 1.33 bits per heavy atom. The molecule has 0 aliphatic carbocycles. The highest BCUT2D eigenvalue weighted by Gasteiger charge is 2.14. The van der Waals surface area contributed by atoms with Crippen LogP contribution in [0.5, 0.6) is 5.75 Å². The maximum Gasteiger partial charge on any atom is 0.293 e. The first kappa shape index (κ1) is 11.4. The van der Waals surface area contributed by atoms with Crippen molar-refractivity contribution in [3.8, 4) is 5.75 Å². The highest BCUT2D eigenvalue weighted by Crippen LogP contribution is 2.23.